The molecule has 3 rings (SSSR count). The standard InChI is InChI=1S/C29H36N2O7.ClH/c1-19(21-15-24(36-5)18-25(16-21)37-6)27(29(33)38-7)26(28(32)31-10-8-30(2)9-11-31)14-20-12-22(34-3)17-23(13-20)35-4;/h12-18H,8-11H2,1-7H3;1H. The molecule has 0 saturated carbocycles. The molecule has 9 nitrogen and oxygen atoms in total. The van der Waals surface area contributed by atoms with E-state index in [1.54, 1.807) is 82.7 Å². The number of hydrogen-bond acceptors (Lipinski definition) is 8. The minimum Gasteiger partial charge on any atom is -0.497 e. The van der Waals surface area contributed by atoms with E-state index in [-0.39, 0.29) is 29.5 Å². The highest BCUT2D eigenvalue weighted by Crippen LogP contribution is 2.33. The number of amides is 1. The monoisotopic (exact) mass is 560 g/mol. The first-order chi connectivity index (χ1) is 18.2. The van der Waals surface area contributed by atoms with Gasteiger partial charge in [0, 0.05) is 38.3 Å². The summed E-state index contributed by atoms with van der Waals surface area (Å²) in [5.41, 5.74) is 2.18. The minimum atomic E-state index is -0.632. The summed E-state index contributed by atoms with van der Waals surface area (Å²) in [4.78, 5) is 31.3. The molecule has 2 aromatic rings. The van der Waals surface area contributed by atoms with Crippen molar-refractivity contribution in [1.82, 2.24) is 9.80 Å². The van der Waals surface area contributed by atoms with Crippen molar-refractivity contribution in [3.05, 3.63) is 58.7 Å². The summed E-state index contributed by atoms with van der Waals surface area (Å²) >= 11 is 0. The molecule has 1 aliphatic heterocycles. The summed E-state index contributed by atoms with van der Waals surface area (Å²) in [6.07, 6.45) is 1.68. The Balaban J connectivity index is 0.00000533. The molecule has 10 heteroatoms. The number of carbonyl (C=O) groups is 2. The van der Waals surface area contributed by atoms with Crippen molar-refractivity contribution < 1.29 is 33.3 Å². The Morgan fingerprint density at radius 1 is 0.744 bits per heavy atom. The molecular formula is C29H37ClN2O7. The van der Waals surface area contributed by atoms with Gasteiger partial charge in [-0.3, -0.25) is 4.79 Å². The van der Waals surface area contributed by atoms with Gasteiger partial charge in [-0.05, 0) is 61.0 Å². The maximum Gasteiger partial charge on any atom is 0.338 e. The van der Waals surface area contributed by atoms with Crippen LogP contribution in [0.3, 0.4) is 0 Å². The Kier molecular flexibility index (Phi) is 11.7. The Hall–Kier alpha value is -3.69. The van der Waals surface area contributed by atoms with E-state index in [2.05, 4.69) is 4.90 Å². The Bertz CT molecular complexity index is 1190. The summed E-state index contributed by atoms with van der Waals surface area (Å²) in [6, 6.07) is 10.6. The van der Waals surface area contributed by atoms with Crippen LogP contribution in [-0.4, -0.2) is 90.5 Å². The third-order valence-electron chi connectivity index (χ3n) is 6.52. The summed E-state index contributed by atoms with van der Waals surface area (Å²) in [5, 5.41) is 0. The average molecular weight is 561 g/mol. The van der Waals surface area contributed by atoms with Crippen LogP contribution >= 0.6 is 12.4 Å². The molecular weight excluding hydrogens is 524 g/mol. The number of allylic oxidation sites excluding steroid dienone is 1. The van der Waals surface area contributed by atoms with Crippen molar-refractivity contribution in [2.24, 2.45) is 0 Å². The van der Waals surface area contributed by atoms with Gasteiger partial charge < -0.3 is 33.5 Å². The molecule has 0 bridgehead atoms. The molecule has 2 aromatic carbocycles. The number of carbonyl (C=O) groups excluding carboxylic acids is 2. The first-order valence-corrected chi connectivity index (χ1v) is 12.2. The summed E-state index contributed by atoms with van der Waals surface area (Å²) < 4.78 is 26.9. The molecule has 0 radical (unpaired) electrons. The smallest absolute Gasteiger partial charge is 0.338 e. The van der Waals surface area contributed by atoms with Crippen LogP contribution in [0.25, 0.3) is 11.6 Å². The fraction of sp³-hybridized carbons (Fsp3) is 0.379. The molecule has 1 heterocycles. The Morgan fingerprint density at radius 2 is 1.21 bits per heavy atom. The van der Waals surface area contributed by atoms with Gasteiger partial charge in [-0.25, -0.2) is 4.79 Å². The molecule has 0 N–H and O–H groups in total. The molecule has 0 unspecified atom stereocenters. The van der Waals surface area contributed by atoms with Gasteiger partial charge in [-0.15, -0.1) is 12.4 Å². The Labute approximate surface area is 236 Å². The molecule has 0 atom stereocenters. The van der Waals surface area contributed by atoms with Gasteiger partial charge in [0.15, 0.2) is 0 Å². The van der Waals surface area contributed by atoms with Crippen LogP contribution in [0.5, 0.6) is 23.0 Å². The summed E-state index contributed by atoms with van der Waals surface area (Å²) in [6.45, 7) is 4.31. The normalized spacial score (nSPS) is 14.5. The highest BCUT2D eigenvalue weighted by atomic mass is 35.5. The van der Waals surface area contributed by atoms with Crippen molar-refractivity contribution >= 4 is 35.9 Å². The van der Waals surface area contributed by atoms with E-state index < -0.39 is 5.97 Å². The highest BCUT2D eigenvalue weighted by Gasteiger charge is 2.30. The number of rotatable bonds is 9. The predicted octanol–water partition coefficient (Wildman–Crippen LogP) is 3.95. The third-order valence-corrected chi connectivity index (χ3v) is 6.52. The van der Waals surface area contributed by atoms with Crippen molar-refractivity contribution in [2.45, 2.75) is 6.92 Å². The molecule has 0 spiro atoms. The van der Waals surface area contributed by atoms with Gasteiger partial charge in [0.2, 0.25) is 0 Å². The van der Waals surface area contributed by atoms with Crippen LogP contribution in [0.1, 0.15) is 18.1 Å². The molecule has 212 valence electrons. The van der Waals surface area contributed by atoms with E-state index in [1.165, 1.54) is 7.11 Å². The van der Waals surface area contributed by atoms with E-state index in [1.807, 2.05) is 7.05 Å². The van der Waals surface area contributed by atoms with E-state index in [0.717, 1.165) is 13.1 Å². The topological polar surface area (TPSA) is 86.8 Å². The molecule has 1 aliphatic rings. The second-order valence-electron chi connectivity index (χ2n) is 8.89. The van der Waals surface area contributed by atoms with Gasteiger partial charge in [-0.2, -0.15) is 0 Å². The second-order valence-corrected chi connectivity index (χ2v) is 8.89. The summed E-state index contributed by atoms with van der Waals surface area (Å²) in [7, 11) is 9.53. The van der Waals surface area contributed by atoms with E-state index in [0.29, 0.717) is 52.8 Å². The molecule has 1 amide bonds. The first-order valence-electron chi connectivity index (χ1n) is 12.2. The molecule has 0 aliphatic carbocycles. The van der Waals surface area contributed by atoms with Crippen molar-refractivity contribution in [2.75, 3.05) is 68.8 Å². The van der Waals surface area contributed by atoms with Gasteiger partial charge in [0.05, 0.1) is 46.7 Å². The number of benzene rings is 2. The number of halogens is 1. The lowest BCUT2D eigenvalue weighted by molar-refractivity contribution is -0.137. The van der Waals surface area contributed by atoms with Crippen molar-refractivity contribution in [3.63, 3.8) is 0 Å². The molecule has 39 heavy (non-hydrogen) atoms. The predicted molar refractivity (Wildman–Crippen MR) is 153 cm³/mol. The number of piperazine rings is 1. The zero-order chi connectivity index (χ0) is 27.8. The van der Waals surface area contributed by atoms with E-state index >= 15 is 0 Å². The molecule has 0 aromatic heterocycles. The van der Waals surface area contributed by atoms with Crippen LogP contribution < -0.4 is 18.9 Å². The van der Waals surface area contributed by atoms with Gasteiger partial charge in [-0.1, -0.05) is 0 Å². The quantitative estimate of drug-likeness (QED) is 0.259. The number of nitrogens with zero attached hydrogens (tertiary/aromatic N) is 2. The van der Waals surface area contributed by atoms with Gasteiger partial charge >= 0.3 is 5.97 Å². The third kappa shape index (κ3) is 7.68. The maximum absolute atomic E-state index is 14.0. The van der Waals surface area contributed by atoms with Crippen LogP contribution in [0, 0.1) is 0 Å². The van der Waals surface area contributed by atoms with Gasteiger partial charge in [0.1, 0.15) is 23.0 Å². The zero-order valence-corrected chi connectivity index (χ0v) is 24.3. The van der Waals surface area contributed by atoms with Crippen LogP contribution in [0.15, 0.2) is 47.5 Å². The average Bonchev–Trinajstić information content (AvgIpc) is 2.95. The first kappa shape index (κ1) is 31.5. The number of likely N-dealkylation sites (N-methyl/N-ethyl adjacent to an activating group) is 1. The Morgan fingerprint density at radius 3 is 1.64 bits per heavy atom. The number of methoxy groups -OCH3 is 5. The lowest BCUT2D eigenvalue weighted by atomic mass is 9.92. The lowest BCUT2D eigenvalue weighted by Gasteiger charge is -2.33. The van der Waals surface area contributed by atoms with Crippen molar-refractivity contribution in [1.29, 1.82) is 0 Å². The van der Waals surface area contributed by atoms with E-state index in [4.69, 9.17) is 23.7 Å². The van der Waals surface area contributed by atoms with E-state index in [9.17, 15) is 9.59 Å². The van der Waals surface area contributed by atoms with Crippen molar-refractivity contribution in [3.8, 4) is 23.0 Å². The largest absolute Gasteiger partial charge is 0.497 e. The second kappa shape index (κ2) is 14.5. The summed E-state index contributed by atoms with van der Waals surface area (Å²) in [5.74, 6) is 1.31. The zero-order valence-electron chi connectivity index (χ0n) is 23.5. The highest BCUT2D eigenvalue weighted by molar-refractivity contribution is 6.16. The fourth-order valence-corrected chi connectivity index (χ4v) is 4.24. The SMILES string of the molecule is COC(=O)C(C(=Cc1cc(OC)cc(OC)c1)C(=O)N1CCN(C)CC1)=C(C)c1cc(OC)cc(OC)c1.Cl. The number of ether oxygens (including phenoxy) is 5. The van der Waals surface area contributed by atoms with Crippen LogP contribution in [0.2, 0.25) is 0 Å². The van der Waals surface area contributed by atoms with Crippen LogP contribution in [0.4, 0.5) is 0 Å². The lowest BCUT2D eigenvalue weighted by Crippen LogP contribution is -2.48. The van der Waals surface area contributed by atoms with Gasteiger partial charge in [0.25, 0.3) is 5.91 Å². The fourth-order valence-electron chi connectivity index (χ4n) is 4.24. The molecule has 1 saturated heterocycles. The minimum absolute atomic E-state index is 0. The van der Waals surface area contributed by atoms with Crippen LogP contribution in [-0.2, 0) is 14.3 Å². The molecule has 1 fully saturated rings. The maximum atomic E-state index is 14.0. The number of esters is 1. The number of hydrogen-bond donors (Lipinski definition) is 0.